The van der Waals surface area contributed by atoms with Crippen molar-refractivity contribution in [3.63, 3.8) is 0 Å². The molecule has 0 spiro atoms. The van der Waals surface area contributed by atoms with Crippen LogP contribution in [0.4, 0.5) is 0 Å². The summed E-state index contributed by atoms with van der Waals surface area (Å²) in [6.07, 6.45) is 1.09. The van der Waals surface area contributed by atoms with Crippen LogP contribution in [-0.2, 0) is 5.60 Å². The van der Waals surface area contributed by atoms with Crippen molar-refractivity contribution in [3.8, 4) is 0 Å². The van der Waals surface area contributed by atoms with Crippen LogP contribution in [0.3, 0.4) is 0 Å². The van der Waals surface area contributed by atoms with Gasteiger partial charge in [-0.1, -0.05) is 44.2 Å². The van der Waals surface area contributed by atoms with Crippen molar-refractivity contribution >= 4 is 0 Å². The van der Waals surface area contributed by atoms with E-state index in [1.165, 1.54) is 0 Å². The summed E-state index contributed by atoms with van der Waals surface area (Å²) >= 11 is 0. The van der Waals surface area contributed by atoms with Gasteiger partial charge in [-0.2, -0.15) is 0 Å². The fourth-order valence-corrected chi connectivity index (χ4v) is 2.06. The molecule has 96 valence electrons. The van der Waals surface area contributed by atoms with Gasteiger partial charge in [-0.25, -0.2) is 0 Å². The highest BCUT2D eigenvalue weighted by Gasteiger charge is 2.29. The van der Waals surface area contributed by atoms with E-state index in [-0.39, 0.29) is 6.54 Å². The van der Waals surface area contributed by atoms with Crippen LogP contribution < -0.4 is 5.73 Å². The first-order valence-electron chi connectivity index (χ1n) is 6.36. The normalized spacial score (nSPS) is 14.9. The standard InChI is InChI=1S/C14H24N2O/c1-3-10-16(4-2)12-14(17,11-15)13-8-6-5-7-9-13/h5-9,17H,3-4,10-12,15H2,1-2H3. The minimum absolute atomic E-state index is 0.247. The third-order valence-electron chi connectivity index (χ3n) is 3.12. The average Bonchev–Trinajstić information content (AvgIpc) is 2.39. The molecule has 3 heteroatoms. The molecule has 0 aliphatic carbocycles. The van der Waals surface area contributed by atoms with Crippen molar-refractivity contribution in [2.45, 2.75) is 25.9 Å². The Morgan fingerprint density at radius 1 is 1.24 bits per heavy atom. The van der Waals surface area contributed by atoms with Gasteiger partial charge in [0.15, 0.2) is 0 Å². The van der Waals surface area contributed by atoms with Crippen molar-refractivity contribution < 1.29 is 5.11 Å². The molecule has 0 heterocycles. The maximum atomic E-state index is 10.7. The molecule has 0 aliphatic heterocycles. The van der Waals surface area contributed by atoms with Crippen LogP contribution in [0.2, 0.25) is 0 Å². The highest BCUT2D eigenvalue weighted by Crippen LogP contribution is 2.21. The molecule has 0 aromatic heterocycles. The zero-order valence-corrected chi connectivity index (χ0v) is 10.9. The van der Waals surface area contributed by atoms with Gasteiger partial charge in [0.05, 0.1) is 0 Å². The Morgan fingerprint density at radius 3 is 2.35 bits per heavy atom. The lowest BCUT2D eigenvalue weighted by atomic mass is 9.93. The number of nitrogens with zero attached hydrogens (tertiary/aromatic N) is 1. The van der Waals surface area contributed by atoms with Crippen molar-refractivity contribution in [1.82, 2.24) is 4.90 Å². The van der Waals surface area contributed by atoms with E-state index in [0.717, 1.165) is 25.1 Å². The maximum absolute atomic E-state index is 10.7. The maximum Gasteiger partial charge on any atom is 0.114 e. The summed E-state index contributed by atoms with van der Waals surface area (Å²) in [7, 11) is 0. The zero-order valence-electron chi connectivity index (χ0n) is 10.9. The van der Waals surface area contributed by atoms with Gasteiger partial charge in [0, 0.05) is 13.1 Å². The minimum Gasteiger partial charge on any atom is -0.382 e. The molecule has 17 heavy (non-hydrogen) atoms. The fraction of sp³-hybridized carbons (Fsp3) is 0.571. The molecule has 0 fully saturated rings. The van der Waals surface area contributed by atoms with Crippen molar-refractivity contribution in [1.29, 1.82) is 0 Å². The number of benzene rings is 1. The van der Waals surface area contributed by atoms with Gasteiger partial charge < -0.3 is 15.7 Å². The third kappa shape index (κ3) is 3.80. The summed E-state index contributed by atoms with van der Waals surface area (Å²) in [5, 5.41) is 10.7. The molecule has 0 amide bonds. The molecule has 1 unspecified atom stereocenters. The molecule has 1 aromatic carbocycles. The summed E-state index contributed by atoms with van der Waals surface area (Å²) in [6, 6.07) is 9.70. The number of likely N-dealkylation sites (N-methyl/N-ethyl adjacent to an activating group) is 1. The molecule has 1 aromatic rings. The van der Waals surface area contributed by atoms with Crippen LogP contribution in [0.1, 0.15) is 25.8 Å². The average molecular weight is 236 g/mol. The Labute approximate surface area is 104 Å². The largest absolute Gasteiger partial charge is 0.382 e. The molecule has 3 N–H and O–H groups in total. The molecule has 1 atom stereocenters. The van der Waals surface area contributed by atoms with Gasteiger partial charge in [0.2, 0.25) is 0 Å². The Balaban J connectivity index is 2.81. The van der Waals surface area contributed by atoms with Gasteiger partial charge in [0.25, 0.3) is 0 Å². The first-order valence-corrected chi connectivity index (χ1v) is 6.36. The first-order chi connectivity index (χ1) is 8.16. The lowest BCUT2D eigenvalue weighted by Crippen LogP contribution is -2.46. The first kappa shape index (κ1) is 14.2. The molecule has 0 saturated heterocycles. The van der Waals surface area contributed by atoms with E-state index in [1.54, 1.807) is 0 Å². The Kier molecular flexibility index (Phi) is 5.62. The van der Waals surface area contributed by atoms with Gasteiger partial charge in [-0.3, -0.25) is 0 Å². The van der Waals surface area contributed by atoms with Crippen molar-refractivity contribution in [3.05, 3.63) is 35.9 Å². The number of rotatable bonds is 7. The van der Waals surface area contributed by atoms with Crippen LogP contribution in [0, 0.1) is 0 Å². The molecule has 0 bridgehead atoms. The highest BCUT2D eigenvalue weighted by molar-refractivity contribution is 5.23. The van der Waals surface area contributed by atoms with E-state index < -0.39 is 5.60 Å². The molecular formula is C14H24N2O. The number of hydrogen-bond donors (Lipinski definition) is 2. The van der Waals surface area contributed by atoms with Crippen LogP contribution in [-0.4, -0.2) is 36.2 Å². The summed E-state index contributed by atoms with van der Waals surface area (Å²) in [4.78, 5) is 2.24. The molecule has 1 rings (SSSR count). The predicted molar refractivity (Wildman–Crippen MR) is 71.8 cm³/mol. The van der Waals surface area contributed by atoms with E-state index in [0.29, 0.717) is 6.54 Å². The van der Waals surface area contributed by atoms with Gasteiger partial charge >= 0.3 is 0 Å². The SMILES string of the molecule is CCCN(CC)CC(O)(CN)c1ccccc1. The van der Waals surface area contributed by atoms with Crippen LogP contribution >= 0.6 is 0 Å². The molecule has 0 saturated carbocycles. The summed E-state index contributed by atoms with van der Waals surface area (Å²) in [6.45, 7) is 7.02. The van der Waals surface area contributed by atoms with Gasteiger partial charge in [-0.15, -0.1) is 0 Å². The Bertz CT molecular complexity index is 315. The van der Waals surface area contributed by atoms with Crippen LogP contribution in [0.25, 0.3) is 0 Å². The Hall–Kier alpha value is -0.900. The van der Waals surface area contributed by atoms with Crippen molar-refractivity contribution in [2.75, 3.05) is 26.2 Å². The second kappa shape index (κ2) is 6.74. The topological polar surface area (TPSA) is 49.5 Å². The van der Waals surface area contributed by atoms with E-state index in [2.05, 4.69) is 18.7 Å². The monoisotopic (exact) mass is 236 g/mol. The fourth-order valence-electron chi connectivity index (χ4n) is 2.06. The second-order valence-electron chi connectivity index (χ2n) is 4.47. The van der Waals surface area contributed by atoms with Crippen molar-refractivity contribution in [2.24, 2.45) is 5.73 Å². The summed E-state index contributed by atoms with van der Waals surface area (Å²) in [5.74, 6) is 0. The summed E-state index contributed by atoms with van der Waals surface area (Å²) < 4.78 is 0. The number of nitrogens with two attached hydrogens (primary N) is 1. The Morgan fingerprint density at radius 2 is 1.88 bits per heavy atom. The lowest BCUT2D eigenvalue weighted by molar-refractivity contribution is 0.00816. The highest BCUT2D eigenvalue weighted by atomic mass is 16.3. The van der Waals surface area contributed by atoms with Gasteiger partial charge in [0.1, 0.15) is 5.60 Å². The minimum atomic E-state index is -0.938. The number of aliphatic hydroxyl groups is 1. The molecular weight excluding hydrogens is 212 g/mol. The predicted octanol–water partition coefficient (Wildman–Crippen LogP) is 1.56. The quantitative estimate of drug-likeness (QED) is 0.755. The third-order valence-corrected chi connectivity index (χ3v) is 3.12. The molecule has 3 nitrogen and oxygen atoms in total. The molecule has 0 aliphatic rings. The second-order valence-corrected chi connectivity index (χ2v) is 4.47. The van der Waals surface area contributed by atoms with Crippen LogP contribution in [0.5, 0.6) is 0 Å². The van der Waals surface area contributed by atoms with Crippen LogP contribution in [0.15, 0.2) is 30.3 Å². The smallest absolute Gasteiger partial charge is 0.114 e. The van der Waals surface area contributed by atoms with E-state index in [1.807, 2.05) is 30.3 Å². The lowest BCUT2D eigenvalue weighted by Gasteiger charge is -2.33. The van der Waals surface area contributed by atoms with E-state index in [9.17, 15) is 5.11 Å². The van der Waals surface area contributed by atoms with E-state index >= 15 is 0 Å². The molecule has 0 radical (unpaired) electrons. The number of hydrogen-bond acceptors (Lipinski definition) is 3. The van der Waals surface area contributed by atoms with Gasteiger partial charge in [-0.05, 0) is 25.1 Å². The zero-order chi connectivity index (χ0) is 12.7. The van der Waals surface area contributed by atoms with E-state index in [4.69, 9.17) is 5.73 Å². The summed E-state index contributed by atoms with van der Waals surface area (Å²) in [5.41, 5.74) is 5.72.